The van der Waals surface area contributed by atoms with Crippen LogP contribution in [0, 0.1) is 0 Å². The van der Waals surface area contributed by atoms with Crippen LogP contribution in [0.25, 0.3) is 0 Å². The molecule has 44 heavy (non-hydrogen) atoms. The third-order valence-electron chi connectivity index (χ3n) is 7.09. The molecule has 0 aliphatic heterocycles. The topological polar surface area (TPSA) is 86.8 Å². The molecule has 2 amide bonds. The van der Waals surface area contributed by atoms with Gasteiger partial charge in [0.05, 0.1) is 10.6 Å². The molecule has 1 atom stereocenters. The van der Waals surface area contributed by atoms with Gasteiger partial charge in [-0.25, -0.2) is 8.42 Å². The van der Waals surface area contributed by atoms with Crippen LogP contribution in [0.1, 0.15) is 30.9 Å². The number of rotatable bonds is 14. The number of unbranched alkanes of at least 4 members (excludes halogenated alkanes) is 1. The number of hydrogen-bond acceptors (Lipinski definition) is 4. The largest absolute Gasteiger partial charge is 0.354 e. The molecule has 4 rings (SSSR count). The number of benzene rings is 4. The Bertz CT molecular complexity index is 1620. The minimum atomic E-state index is -4.19. The summed E-state index contributed by atoms with van der Waals surface area (Å²) < 4.78 is 29.0. The lowest BCUT2D eigenvalue weighted by Gasteiger charge is -2.34. The first-order valence-electron chi connectivity index (χ1n) is 14.4. The Morgan fingerprint density at radius 1 is 0.773 bits per heavy atom. The number of sulfonamides is 1. The molecule has 0 radical (unpaired) electrons. The zero-order chi connectivity index (χ0) is 31.5. The second-order valence-electron chi connectivity index (χ2n) is 10.3. The minimum absolute atomic E-state index is 0.0130. The van der Waals surface area contributed by atoms with E-state index < -0.39 is 28.5 Å². The molecule has 0 unspecified atom stereocenters. The Morgan fingerprint density at radius 2 is 1.34 bits per heavy atom. The van der Waals surface area contributed by atoms with Gasteiger partial charge in [0.1, 0.15) is 12.6 Å². The molecule has 0 fully saturated rings. The molecule has 1 N–H and O–H groups in total. The fraction of sp³-hybridized carbons (Fsp3) is 0.235. The molecule has 0 saturated heterocycles. The normalized spacial score (nSPS) is 11.9. The molecule has 0 aliphatic carbocycles. The van der Waals surface area contributed by atoms with Gasteiger partial charge >= 0.3 is 0 Å². The molecule has 0 saturated carbocycles. The van der Waals surface area contributed by atoms with Crippen LogP contribution in [-0.2, 0) is 32.6 Å². The van der Waals surface area contributed by atoms with Crippen LogP contribution in [-0.4, -0.2) is 44.3 Å². The van der Waals surface area contributed by atoms with E-state index in [1.54, 1.807) is 54.6 Å². The number of carbonyl (C=O) groups is 2. The van der Waals surface area contributed by atoms with Crippen LogP contribution in [0.5, 0.6) is 0 Å². The fourth-order valence-corrected chi connectivity index (χ4v) is 6.37. The monoisotopic (exact) mass is 651 g/mol. The van der Waals surface area contributed by atoms with Crippen LogP contribution >= 0.6 is 23.2 Å². The maximum Gasteiger partial charge on any atom is 0.264 e. The number of amides is 2. The molecule has 10 heteroatoms. The van der Waals surface area contributed by atoms with Gasteiger partial charge in [-0.2, -0.15) is 0 Å². The van der Waals surface area contributed by atoms with E-state index in [1.165, 1.54) is 29.2 Å². The lowest BCUT2D eigenvalue weighted by Crippen LogP contribution is -2.53. The summed E-state index contributed by atoms with van der Waals surface area (Å²) in [6.07, 6.45) is 1.93. The number of para-hydroxylation sites is 1. The molecule has 7 nitrogen and oxygen atoms in total. The molecule has 0 spiro atoms. The van der Waals surface area contributed by atoms with E-state index in [-0.39, 0.29) is 23.8 Å². The maximum atomic E-state index is 14.4. The maximum absolute atomic E-state index is 14.4. The Balaban J connectivity index is 1.76. The van der Waals surface area contributed by atoms with E-state index in [1.807, 2.05) is 37.3 Å². The first-order chi connectivity index (χ1) is 21.2. The van der Waals surface area contributed by atoms with Gasteiger partial charge in [-0.05, 0) is 66.1 Å². The van der Waals surface area contributed by atoms with E-state index in [2.05, 4.69) is 5.32 Å². The highest BCUT2D eigenvalue weighted by Crippen LogP contribution is 2.26. The van der Waals surface area contributed by atoms with Crippen molar-refractivity contribution in [2.45, 2.75) is 43.7 Å². The molecule has 0 aromatic heterocycles. The molecular formula is C34H35Cl2N3O4S. The average Bonchev–Trinajstić information content (AvgIpc) is 3.03. The van der Waals surface area contributed by atoms with Crippen LogP contribution in [0.3, 0.4) is 0 Å². The average molecular weight is 653 g/mol. The Morgan fingerprint density at radius 3 is 1.93 bits per heavy atom. The van der Waals surface area contributed by atoms with E-state index in [4.69, 9.17) is 23.2 Å². The predicted octanol–water partition coefficient (Wildman–Crippen LogP) is 6.75. The lowest BCUT2D eigenvalue weighted by molar-refractivity contribution is -0.140. The van der Waals surface area contributed by atoms with Crippen molar-refractivity contribution in [3.63, 3.8) is 0 Å². The summed E-state index contributed by atoms with van der Waals surface area (Å²) in [5.74, 6) is -0.843. The van der Waals surface area contributed by atoms with Gasteiger partial charge in [-0.1, -0.05) is 97.2 Å². The van der Waals surface area contributed by atoms with Gasteiger partial charge < -0.3 is 10.2 Å². The van der Waals surface area contributed by atoms with Gasteiger partial charge in [0.15, 0.2) is 0 Å². The third kappa shape index (κ3) is 8.85. The number of nitrogens with one attached hydrogen (secondary N) is 1. The molecule has 4 aromatic rings. The summed E-state index contributed by atoms with van der Waals surface area (Å²) in [6.45, 7) is 2.03. The second kappa shape index (κ2) is 15.7. The van der Waals surface area contributed by atoms with Crippen molar-refractivity contribution in [2.24, 2.45) is 0 Å². The highest BCUT2D eigenvalue weighted by Gasteiger charge is 2.34. The Hall–Kier alpha value is -3.85. The fourth-order valence-electron chi connectivity index (χ4n) is 4.70. The highest BCUT2D eigenvalue weighted by molar-refractivity contribution is 7.92. The summed E-state index contributed by atoms with van der Waals surface area (Å²) in [5, 5.41) is 3.91. The van der Waals surface area contributed by atoms with Crippen molar-refractivity contribution in [3.05, 3.63) is 130 Å². The standard InChI is InChI=1S/C34H35Cl2N3O4S/c1-2-3-22-37-34(41)32(23-26-10-6-4-7-11-26)38(24-27-14-16-28(35)17-15-27)33(40)25-39(30-12-8-5-9-13-30)44(42,43)31-20-18-29(36)19-21-31/h4-21,32H,2-3,22-25H2,1H3,(H,37,41)/t32-/m1/s1. The van der Waals surface area contributed by atoms with Crippen LogP contribution in [0.4, 0.5) is 5.69 Å². The van der Waals surface area contributed by atoms with Crippen molar-refractivity contribution in [1.29, 1.82) is 0 Å². The van der Waals surface area contributed by atoms with Gasteiger partial charge in [-0.3, -0.25) is 13.9 Å². The van der Waals surface area contributed by atoms with Crippen LogP contribution in [0.15, 0.2) is 114 Å². The Kier molecular flexibility index (Phi) is 11.8. The summed E-state index contributed by atoms with van der Waals surface area (Å²) in [7, 11) is -4.19. The number of anilines is 1. The summed E-state index contributed by atoms with van der Waals surface area (Å²) in [6, 6.07) is 29.8. The highest BCUT2D eigenvalue weighted by atomic mass is 35.5. The first-order valence-corrected chi connectivity index (χ1v) is 16.6. The molecule has 0 heterocycles. The molecule has 230 valence electrons. The van der Waals surface area contributed by atoms with Crippen molar-refractivity contribution < 1.29 is 18.0 Å². The van der Waals surface area contributed by atoms with E-state index in [0.29, 0.717) is 22.3 Å². The number of hydrogen-bond donors (Lipinski definition) is 1. The van der Waals surface area contributed by atoms with E-state index >= 15 is 0 Å². The summed E-state index contributed by atoms with van der Waals surface area (Å²) in [4.78, 5) is 29.6. The minimum Gasteiger partial charge on any atom is -0.354 e. The van der Waals surface area contributed by atoms with Gasteiger partial charge in [0.2, 0.25) is 11.8 Å². The van der Waals surface area contributed by atoms with Crippen LogP contribution in [0.2, 0.25) is 10.0 Å². The van der Waals surface area contributed by atoms with Gasteiger partial charge in [0.25, 0.3) is 10.0 Å². The van der Waals surface area contributed by atoms with Crippen LogP contribution < -0.4 is 9.62 Å². The second-order valence-corrected chi connectivity index (χ2v) is 13.0. The predicted molar refractivity (Wildman–Crippen MR) is 176 cm³/mol. The number of carbonyl (C=O) groups excluding carboxylic acids is 2. The number of halogens is 2. The summed E-state index contributed by atoms with van der Waals surface area (Å²) >= 11 is 12.2. The molecule has 4 aromatic carbocycles. The van der Waals surface area contributed by atoms with Crippen molar-refractivity contribution >= 4 is 50.7 Å². The molecule has 0 bridgehead atoms. The smallest absolute Gasteiger partial charge is 0.264 e. The van der Waals surface area contributed by atoms with Crippen molar-refractivity contribution in [3.8, 4) is 0 Å². The third-order valence-corrected chi connectivity index (χ3v) is 9.38. The quantitative estimate of drug-likeness (QED) is 0.153. The Labute approximate surface area is 269 Å². The SMILES string of the molecule is CCCCNC(=O)[C@@H](Cc1ccccc1)N(Cc1ccc(Cl)cc1)C(=O)CN(c1ccccc1)S(=O)(=O)c1ccc(Cl)cc1. The van der Waals surface area contributed by atoms with Gasteiger partial charge in [-0.15, -0.1) is 0 Å². The van der Waals surface area contributed by atoms with E-state index in [0.717, 1.165) is 28.3 Å². The van der Waals surface area contributed by atoms with Crippen molar-refractivity contribution in [2.75, 3.05) is 17.4 Å². The van der Waals surface area contributed by atoms with E-state index in [9.17, 15) is 18.0 Å². The molecule has 0 aliphatic rings. The number of nitrogens with zero attached hydrogens (tertiary/aromatic N) is 2. The molecular weight excluding hydrogens is 617 g/mol. The summed E-state index contributed by atoms with van der Waals surface area (Å²) in [5.41, 5.74) is 1.92. The first kappa shape index (κ1) is 33.1. The van der Waals surface area contributed by atoms with Crippen molar-refractivity contribution in [1.82, 2.24) is 10.2 Å². The zero-order valence-corrected chi connectivity index (χ0v) is 26.7. The zero-order valence-electron chi connectivity index (χ0n) is 24.4. The van der Waals surface area contributed by atoms with Gasteiger partial charge in [0, 0.05) is 29.6 Å². The lowest BCUT2D eigenvalue weighted by atomic mass is 10.0.